The van der Waals surface area contributed by atoms with Gasteiger partial charge in [0.1, 0.15) is 0 Å². The highest BCUT2D eigenvalue weighted by molar-refractivity contribution is 6.05. The Bertz CT molecular complexity index is 740. The van der Waals surface area contributed by atoms with Gasteiger partial charge >= 0.3 is 0 Å². The van der Waals surface area contributed by atoms with Crippen LogP contribution in [0, 0.1) is 0 Å². The molecule has 0 fully saturated rings. The zero-order valence-electron chi connectivity index (χ0n) is 13.5. The van der Waals surface area contributed by atoms with Crippen molar-refractivity contribution in [1.29, 1.82) is 0 Å². The van der Waals surface area contributed by atoms with E-state index in [0.29, 0.717) is 12.0 Å². The molecule has 0 spiro atoms. The third-order valence-electron chi connectivity index (χ3n) is 2.89. The third-order valence-corrected chi connectivity index (χ3v) is 2.89. The molecule has 0 N–H and O–H groups in total. The predicted octanol–water partition coefficient (Wildman–Crippen LogP) is 3.21. The maximum atomic E-state index is 12.5. The van der Waals surface area contributed by atoms with E-state index < -0.39 is 24.0 Å². The number of rotatable bonds is 1. The summed E-state index contributed by atoms with van der Waals surface area (Å²) in [5.41, 5.74) is 1.54. The minimum absolute atomic E-state index is 0.0993. The molecule has 0 saturated heterocycles. The Morgan fingerprint density at radius 3 is 2.62 bits per heavy atom. The standard InChI is InChI=1S/C15H12O/c16-15-13-9-5-4-8-12(13)10-14(15)11-6-2-1-3-7-11/h1-9,14H,10H2/i1D,2D,3D,6D,7D. The number of carbonyl (C=O) groups excluding carboxylic acids is 1. The molecule has 0 heterocycles. The number of Topliss-reactive ketones (excluding diaryl/α,β-unsaturated/α-hetero) is 1. The second kappa shape index (κ2) is 3.60. The van der Waals surface area contributed by atoms with E-state index in [1.807, 2.05) is 12.1 Å². The first-order valence-corrected chi connectivity index (χ1v) is 5.12. The molecule has 1 unspecified atom stereocenters. The minimum Gasteiger partial charge on any atom is -0.293 e. The van der Waals surface area contributed by atoms with Crippen LogP contribution in [0.15, 0.2) is 54.5 Å². The van der Waals surface area contributed by atoms with Crippen LogP contribution in [-0.2, 0) is 6.42 Å². The smallest absolute Gasteiger partial charge is 0.170 e. The first-order chi connectivity index (χ1) is 9.93. The molecule has 1 aliphatic rings. The van der Waals surface area contributed by atoms with Crippen LogP contribution in [0.3, 0.4) is 0 Å². The van der Waals surface area contributed by atoms with Crippen LogP contribution in [0.4, 0.5) is 0 Å². The molecule has 16 heavy (non-hydrogen) atoms. The fourth-order valence-electron chi connectivity index (χ4n) is 2.11. The Kier molecular flexibility index (Phi) is 1.22. The average molecular weight is 213 g/mol. The van der Waals surface area contributed by atoms with Gasteiger partial charge in [-0.25, -0.2) is 0 Å². The first kappa shape index (κ1) is 5.44. The molecule has 1 heteroatoms. The summed E-state index contributed by atoms with van der Waals surface area (Å²) in [6.45, 7) is 0. The van der Waals surface area contributed by atoms with Crippen molar-refractivity contribution in [3.63, 3.8) is 0 Å². The van der Waals surface area contributed by atoms with Gasteiger partial charge < -0.3 is 0 Å². The Balaban J connectivity index is 2.18. The molecule has 78 valence electrons. The normalized spacial score (nSPS) is 22.9. The van der Waals surface area contributed by atoms with E-state index in [0.717, 1.165) is 5.56 Å². The highest BCUT2D eigenvalue weighted by atomic mass is 16.1. The van der Waals surface area contributed by atoms with Crippen LogP contribution in [0.25, 0.3) is 0 Å². The largest absolute Gasteiger partial charge is 0.293 e. The Morgan fingerprint density at radius 1 is 1.12 bits per heavy atom. The monoisotopic (exact) mass is 213 g/mol. The number of carbonyl (C=O) groups is 1. The fraction of sp³-hybridized carbons (Fsp3) is 0.133. The summed E-state index contributed by atoms with van der Waals surface area (Å²) in [7, 11) is 0. The second-order valence-corrected chi connectivity index (χ2v) is 3.82. The van der Waals surface area contributed by atoms with Gasteiger partial charge in [-0.3, -0.25) is 4.79 Å². The molecule has 1 nitrogen and oxygen atoms in total. The zero-order chi connectivity index (χ0) is 15.3. The van der Waals surface area contributed by atoms with Gasteiger partial charge in [-0.15, -0.1) is 0 Å². The summed E-state index contributed by atoms with van der Waals surface area (Å²) >= 11 is 0. The Morgan fingerprint density at radius 2 is 1.88 bits per heavy atom. The van der Waals surface area contributed by atoms with Crippen molar-refractivity contribution < 1.29 is 11.6 Å². The topological polar surface area (TPSA) is 17.1 Å². The Hall–Kier alpha value is -1.89. The summed E-state index contributed by atoms with van der Waals surface area (Å²) in [6, 6.07) is 5.35. The molecule has 0 aliphatic heterocycles. The fourth-order valence-corrected chi connectivity index (χ4v) is 2.11. The first-order valence-electron chi connectivity index (χ1n) is 7.62. The lowest BCUT2D eigenvalue weighted by molar-refractivity contribution is 0.0973. The van der Waals surface area contributed by atoms with Crippen LogP contribution in [0.5, 0.6) is 0 Å². The molecular weight excluding hydrogens is 196 g/mol. The van der Waals surface area contributed by atoms with Crippen LogP contribution in [-0.4, -0.2) is 5.78 Å². The molecule has 0 amide bonds. The summed E-state index contributed by atoms with van der Waals surface area (Å²) in [5.74, 6) is -0.875. The van der Waals surface area contributed by atoms with Crippen molar-refractivity contribution in [1.82, 2.24) is 0 Å². The number of hydrogen-bond donors (Lipinski definition) is 0. The zero-order valence-corrected chi connectivity index (χ0v) is 8.50. The van der Waals surface area contributed by atoms with E-state index in [-0.39, 0.29) is 23.4 Å². The van der Waals surface area contributed by atoms with Gasteiger partial charge in [0.05, 0.1) is 12.8 Å². The van der Waals surface area contributed by atoms with Crippen molar-refractivity contribution in [3.8, 4) is 0 Å². The maximum absolute atomic E-state index is 12.5. The van der Waals surface area contributed by atoms with E-state index in [9.17, 15) is 4.79 Å². The molecule has 0 radical (unpaired) electrons. The second-order valence-electron chi connectivity index (χ2n) is 3.82. The van der Waals surface area contributed by atoms with Crippen LogP contribution in [0.1, 0.15) is 34.3 Å². The molecule has 1 aliphatic carbocycles. The highest BCUT2D eigenvalue weighted by Crippen LogP contribution is 2.33. The lowest BCUT2D eigenvalue weighted by Crippen LogP contribution is -2.06. The van der Waals surface area contributed by atoms with Crippen molar-refractivity contribution in [2.45, 2.75) is 12.3 Å². The van der Waals surface area contributed by atoms with Gasteiger partial charge in [0.15, 0.2) is 5.78 Å². The van der Waals surface area contributed by atoms with E-state index in [2.05, 4.69) is 0 Å². The number of benzene rings is 2. The van der Waals surface area contributed by atoms with Gasteiger partial charge in [0.25, 0.3) is 0 Å². The molecule has 0 aromatic heterocycles. The van der Waals surface area contributed by atoms with Gasteiger partial charge in [-0.2, -0.15) is 0 Å². The summed E-state index contributed by atoms with van der Waals surface area (Å²) in [4.78, 5) is 12.5. The molecule has 1 atom stereocenters. The van der Waals surface area contributed by atoms with Gasteiger partial charge in [-0.05, 0) is 17.5 Å². The van der Waals surface area contributed by atoms with Crippen LogP contribution < -0.4 is 0 Å². The Labute approximate surface area is 102 Å². The van der Waals surface area contributed by atoms with Crippen molar-refractivity contribution in [2.24, 2.45) is 0 Å². The number of ketones is 1. The summed E-state index contributed by atoms with van der Waals surface area (Å²) in [6.07, 6.45) is 0.378. The van der Waals surface area contributed by atoms with E-state index in [1.54, 1.807) is 12.1 Å². The number of fused-ring (bicyclic) bond motifs is 1. The SMILES string of the molecule is [2H]c1c([2H])c([2H])c(C2Cc3ccccc3C2=O)c([2H])c1[2H]. The van der Waals surface area contributed by atoms with Crippen LogP contribution >= 0.6 is 0 Å². The quantitative estimate of drug-likeness (QED) is 0.711. The molecular formula is C15H12O. The lowest BCUT2D eigenvalue weighted by atomic mass is 9.95. The predicted molar refractivity (Wildman–Crippen MR) is 63.7 cm³/mol. The van der Waals surface area contributed by atoms with Gasteiger partial charge in [0.2, 0.25) is 0 Å². The highest BCUT2D eigenvalue weighted by Gasteiger charge is 2.30. The molecule has 3 rings (SSSR count). The average Bonchev–Trinajstić information content (AvgIpc) is 2.81. The summed E-state index contributed by atoms with van der Waals surface area (Å²) in [5, 5.41) is 0. The minimum atomic E-state index is -0.698. The number of hydrogen-bond acceptors (Lipinski definition) is 1. The van der Waals surface area contributed by atoms with E-state index in [4.69, 9.17) is 6.85 Å². The van der Waals surface area contributed by atoms with Crippen molar-refractivity contribution in [3.05, 3.63) is 71.2 Å². The van der Waals surface area contributed by atoms with Gasteiger partial charge in [-0.1, -0.05) is 54.5 Å². The maximum Gasteiger partial charge on any atom is 0.170 e. The lowest BCUT2D eigenvalue weighted by Gasteiger charge is -2.07. The van der Waals surface area contributed by atoms with Gasteiger partial charge in [0, 0.05) is 5.56 Å². The molecule has 2 aromatic carbocycles. The molecule has 2 aromatic rings. The van der Waals surface area contributed by atoms with Crippen LogP contribution in [0.2, 0.25) is 0 Å². The van der Waals surface area contributed by atoms with Crippen molar-refractivity contribution in [2.75, 3.05) is 0 Å². The molecule has 0 bridgehead atoms. The summed E-state index contributed by atoms with van der Waals surface area (Å²) < 4.78 is 39.0. The van der Waals surface area contributed by atoms with E-state index in [1.165, 1.54) is 0 Å². The molecule has 0 saturated carbocycles. The van der Waals surface area contributed by atoms with E-state index >= 15 is 0 Å². The van der Waals surface area contributed by atoms with Crippen molar-refractivity contribution >= 4 is 5.78 Å². The third kappa shape index (κ3) is 1.36.